The van der Waals surface area contributed by atoms with Gasteiger partial charge in [-0.1, -0.05) is 96.8 Å². The monoisotopic (exact) mass is 867 g/mol. The molecule has 2 aromatic carbocycles. The largest absolute Gasteiger partial charge is 0.459 e. The minimum absolute atomic E-state index is 0. The van der Waals surface area contributed by atoms with Crippen LogP contribution in [0.5, 0.6) is 0 Å². The molecule has 0 spiro atoms. The number of halogens is 1. The lowest BCUT2D eigenvalue weighted by molar-refractivity contribution is -0.153. The Morgan fingerprint density at radius 2 is 0.967 bits per heavy atom. The number of carbonyl (C=O) groups is 2. The van der Waals surface area contributed by atoms with Crippen LogP contribution in [0.4, 0.5) is 0 Å². The SMILES string of the molecule is C=CC(=O)OC1CCC(O)CC1.C=CC(=O)OC1CCC(OCOC2CCC(c3ccc(CCC)cc3)CC2)CC1.CCCc1ccc(C2CCC(COCl)CC2)cc1.[BH4-].[CH3-]. The molecule has 4 fully saturated rings. The Labute approximate surface area is 376 Å². The molecule has 1 N–H and O–H groups in total. The Morgan fingerprint density at radius 3 is 1.34 bits per heavy atom. The number of hydrogen-bond acceptors (Lipinski definition) is 8. The third-order valence-corrected chi connectivity index (χ3v) is 12.7. The Kier molecular flexibility index (Phi) is 27.5. The zero-order valence-electron chi connectivity index (χ0n) is 37.0. The van der Waals surface area contributed by atoms with Gasteiger partial charge in [0.05, 0.1) is 36.8 Å². The zero-order chi connectivity index (χ0) is 42.2. The smallest absolute Gasteiger partial charge is 0.330 e. The number of aryl methyl sites for hydroxylation is 2. The molecule has 6 rings (SSSR count). The molecule has 61 heavy (non-hydrogen) atoms. The van der Waals surface area contributed by atoms with Gasteiger partial charge in [0.15, 0.2) is 0 Å². The number of esters is 2. The zero-order valence-corrected chi connectivity index (χ0v) is 37.8. The van der Waals surface area contributed by atoms with Crippen LogP contribution in [-0.2, 0) is 45.7 Å². The summed E-state index contributed by atoms with van der Waals surface area (Å²) in [4.78, 5) is 22.0. The van der Waals surface area contributed by atoms with Crippen molar-refractivity contribution < 1.29 is 37.9 Å². The van der Waals surface area contributed by atoms with Crippen molar-refractivity contribution in [2.45, 2.75) is 185 Å². The Morgan fingerprint density at radius 1 is 0.607 bits per heavy atom. The van der Waals surface area contributed by atoms with Gasteiger partial charge in [0.2, 0.25) is 0 Å². The average Bonchev–Trinajstić information content (AvgIpc) is 3.27. The lowest BCUT2D eigenvalue weighted by atomic mass is 9.79. The molecule has 0 unspecified atom stereocenters. The van der Waals surface area contributed by atoms with Crippen LogP contribution >= 0.6 is 11.9 Å². The maximum atomic E-state index is 11.3. The van der Waals surface area contributed by atoms with Crippen molar-refractivity contribution in [1.29, 1.82) is 0 Å². The number of rotatable bonds is 16. The molecule has 0 amide bonds. The molecule has 8 nitrogen and oxygen atoms in total. The standard InChI is InChI=1S/C25H36O4.C16H23ClO.C9H14O3.CH3.BH4/c1-3-5-19-6-8-20(9-7-19)21-10-12-22(13-11-21)27-18-28-23-14-16-24(17-15-23)29-25(26)4-2;1-2-3-13-4-8-15(9-5-13)16-10-6-14(7-11-16)12-18-17;1-2-9(11)12-8-5-3-7(10)4-6-8;;/h4,6-9,21-24H,2-3,5,10-18H2,1H3;4-5,8-9,14,16H,2-3,6-7,10-12H2,1H3;2,7-8,10H,1,3-6H2;1H3;1H4/q;;;2*-1. The fourth-order valence-electron chi connectivity index (χ4n) is 8.94. The molecule has 344 valence electrons. The summed E-state index contributed by atoms with van der Waals surface area (Å²) in [6.45, 7) is 12.3. The first kappa shape index (κ1) is 54.2. The molecular formula is C51H80BClO8-2. The van der Waals surface area contributed by atoms with Gasteiger partial charge in [-0.05, 0) is 156 Å². The first-order valence-corrected chi connectivity index (χ1v) is 23.0. The lowest BCUT2D eigenvalue weighted by Gasteiger charge is -2.31. The quantitative estimate of drug-likeness (QED) is 0.0585. The first-order valence-electron chi connectivity index (χ1n) is 22.7. The van der Waals surface area contributed by atoms with E-state index in [2.05, 4.69) is 75.5 Å². The topological polar surface area (TPSA) is 101 Å². The highest BCUT2D eigenvalue weighted by Gasteiger charge is 2.27. The van der Waals surface area contributed by atoms with Crippen molar-refractivity contribution in [3.63, 3.8) is 0 Å². The van der Waals surface area contributed by atoms with Gasteiger partial charge in [-0.15, -0.1) is 0 Å². The van der Waals surface area contributed by atoms with Crippen molar-refractivity contribution in [3.8, 4) is 0 Å². The molecule has 2 aromatic rings. The first-order chi connectivity index (χ1) is 28.7. The van der Waals surface area contributed by atoms with E-state index in [9.17, 15) is 9.59 Å². The fraction of sp³-hybridized carbons (Fsp3) is 0.627. The van der Waals surface area contributed by atoms with Crippen LogP contribution in [0, 0.1) is 13.3 Å². The molecule has 0 aliphatic heterocycles. The van der Waals surface area contributed by atoms with Crippen LogP contribution < -0.4 is 0 Å². The van der Waals surface area contributed by atoms with E-state index in [-0.39, 0.29) is 52.2 Å². The summed E-state index contributed by atoms with van der Waals surface area (Å²) in [7, 11) is 0. The minimum Gasteiger partial charge on any atom is -0.459 e. The highest BCUT2D eigenvalue weighted by molar-refractivity contribution is 6.07. The van der Waals surface area contributed by atoms with Gasteiger partial charge >= 0.3 is 11.9 Å². The molecule has 4 aliphatic carbocycles. The number of hydrogen-bond donors (Lipinski definition) is 1. The van der Waals surface area contributed by atoms with E-state index in [4.69, 9.17) is 40.2 Å². The van der Waals surface area contributed by atoms with Gasteiger partial charge in [-0.2, -0.15) is 0 Å². The van der Waals surface area contributed by atoms with Crippen molar-refractivity contribution >= 4 is 32.2 Å². The van der Waals surface area contributed by atoms with Crippen LogP contribution in [0.15, 0.2) is 73.8 Å². The molecule has 10 heteroatoms. The normalized spacial score (nSPS) is 25.9. The van der Waals surface area contributed by atoms with E-state index >= 15 is 0 Å². The molecule has 0 radical (unpaired) electrons. The van der Waals surface area contributed by atoms with E-state index in [0.717, 1.165) is 70.1 Å². The Bertz CT molecular complexity index is 1470. The maximum Gasteiger partial charge on any atom is 0.330 e. The third-order valence-electron chi connectivity index (χ3n) is 12.6. The maximum absolute atomic E-state index is 11.3. The number of ether oxygens (including phenoxy) is 4. The van der Waals surface area contributed by atoms with Gasteiger partial charge in [0.1, 0.15) is 19.0 Å². The predicted molar refractivity (Wildman–Crippen MR) is 254 cm³/mol. The summed E-state index contributed by atoms with van der Waals surface area (Å²) in [6, 6.07) is 18.5. The Balaban J connectivity index is 0.000000342. The van der Waals surface area contributed by atoms with Crippen LogP contribution in [0.3, 0.4) is 0 Å². The van der Waals surface area contributed by atoms with Crippen molar-refractivity contribution in [2.24, 2.45) is 5.92 Å². The number of carbonyl (C=O) groups excluding carboxylic acids is 2. The Hall–Kier alpha value is -2.95. The highest BCUT2D eigenvalue weighted by Crippen LogP contribution is 2.37. The summed E-state index contributed by atoms with van der Waals surface area (Å²) in [5.41, 5.74) is 5.90. The molecule has 0 heterocycles. The summed E-state index contributed by atoms with van der Waals surface area (Å²) >= 11 is 5.34. The average molecular weight is 867 g/mol. The number of aliphatic hydroxyl groups is 1. The van der Waals surface area contributed by atoms with E-state index in [1.165, 1.54) is 98.6 Å². The fourth-order valence-corrected chi connectivity index (χ4v) is 9.12. The van der Waals surface area contributed by atoms with E-state index in [1.807, 2.05) is 0 Å². The molecule has 0 saturated heterocycles. The van der Waals surface area contributed by atoms with Gasteiger partial charge in [0.25, 0.3) is 0 Å². The van der Waals surface area contributed by atoms with E-state index in [1.54, 1.807) is 0 Å². The summed E-state index contributed by atoms with van der Waals surface area (Å²) in [6.07, 6.45) is 23.7. The molecule has 0 atom stereocenters. The van der Waals surface area contributed by atoms with Crippen LogP contribution in [0.1, 0.15) is 164 Å². The van der Waals surface area contributed by atoms with Gasteiger partial charge in [-0.3, -0.25) is 4.29 Å². The van der Waals surface area contributed by atoms with Crippen LogP contribution in [0.25, 0.3) is 0 Å². The van der Waals surface area contributed by atoms with Crippen molar-refractivity contribution in [2.75, 3.05) is 13.4 Å². The van der Waals surface area contributed by atoms with Gasteiger partial charge in [0, 0.05) is 12.2 Å². The van der Waals surface area contributed by atoms with Gasteiger partial charge < -0.3 is 31.5 Å². The molecule has 4 saturated carbocycles. The minimum atomic E-state index is -0.364. The van der Waals surface area contributed by atoms with Crippen LogP contribution in [0.2, 0.25) is 0 Å². The number of benzene rings is 2. The molecular weight excluding hydrogens is 787 g/mol. The predicted octanol–water partition coefficient (Wildman–Crippen LogP) is 10.8. The van der Waals surface area contributed by atoms with Crippen molar-refractivity contribution in [1.82, 2.24) is 0 Å². The summed E-state index contributed by atoms with van der Waals surface area (Å²) < 4.78 is 27.0. The summed E-state index contributed by atoms with van der Waals surface area (Å²) in [5, 5.41) is 9.16. The van der Waals surface area contributed by atoms with E-state index < -0.39 is 0 Å². The second-order valence-corrected chi connectivity index (χ2v) is 17.2. The van der Waals surface area contributed by atoms with Crippen LogP contribution in [-0.4, -0.2) is 69.4 Å². The lowest BCUT2D eigenvalue weighted by Crippen LogP contribution is -2.29. The molecule has 0 aromatic heterocycles. The molecule has 4 aliphatic rings. The summed E-state index contributed by atoms with van der Waals surface area (Å²) in [5.74, 6) is 1.38. The van der Waals surface area contributed by atoms with E-state index in [0.29, 0.717) is 31.3 Å². The third kappa shape index (κ3) is 20.4. The van der Waals surface area contributed by atoms with Crippen molar-refractivity contribution in [3.05, 3.63) is 104 Å². The second-order valence-electron chi connectivity index (χ2n) is 17.0. The number of aliphatic hydroxyl groups excluding tert-OH is 1. The molecule has 0 bridgehead atoms. The highest BCUT2D eigenvalue weighted by atomic mass is 35.5. The second kappa shape index (κ2) is 31.0. The van der Waals surface area contributed by atoms with Gasteiger partial charge in [-0.25, -0.2) is 9.59 Å².